The molecule has 1 aliphatic rings. The van der Waals surface area contributed by atoms with Gasteiger partial charge in [-0.3, -0.25) is 4.90 Å². The SMILES string of the molecule is COc1ccc(NC(=O)N2CCN(CCCOC(c3ccc(Cl)cc3)c3ccc(Cl)cc3)CC2)cc1. The van der Waals surface area contributed by atoms with Gasteiger partial charge in [0.25, 0.3) is 0 Å². The number of nitrogens with one attached hydrogen (secondary N) is 1. The van der Waals surface area contributed by atoms with E-state index in [0.717, 1.165) is 48.6 Å². The summed E-state index contributed by atoms with van der Waals surface area (Å²) in [5, 5.41) is 4.36. The molecule has 1 heterocycles. The van der Waals surface area contributed by atoms with Gasteiger partial charge in [0, 0.05) is 55.1 Å². The molecule has 8 heteroatoms. The maximum absolute atomic E-state index is 12.6. The average molecular weight is 528 g/mol. The van der Waals surface area contributed by atoms with Gasteiger partial charge in [0.15, 0.2) is 0 Å². The Morgan fingerprint density at radius 1 is 0.861 bits per heavy atom. The van der Waals surface area contributed by atoms with Crippen LogP contribution in [-0.4, -0.2) is 62.3 Å². The predicted octanol–water partition coefficient (Wildman–Crippen LogP) is 6.35. The van der Waals surface area contributed by atoms with Crippen LogP contribution in [0.5, 0.6) is 5.75 Å². The molecular weight excluding hydrogens is 497 g/mol. The number of hydrogen-bond donors (Lipinski definition) is 1. The Labute approximate surface area is 222 Å². The Hall–Kier alpha value is -2.77. The molecule has 3 aromatic carbocycles. The molecule has 0 aliphatic carbocycles. The van der Waals surface area contributed by atoms with Crippen LogP contribution >= 0.6 is 23.2 Å². The van der Waals surface area contributed by atoms with E-state index in [1.54, 1.807) is 7.11 Å². The number of carbonyl (C=O) groups is 1. The minimum absolute atomic E-state index is 0.0723. The molecule has 36 heavy (non-hydrogen) atoms. The Kier molecular flexibility index (Phi) is 9.47. The van der Waals surface area contributed by atoms with Gasteiger partial charge in [-0.05, 0) is 66.1 Å². The van der Waals surface area contributed by atoms with Gasteiger partial charge in [-0.1, -0.05) is 47.5 Å². The van der Waals surface area contributed by atoms with Crippen molar-refractivity contribution in [3.8, 4) is 5.75 Å². The summed E-state index contributed by atoms with van der Waals surface area (Å²) in [7, 11) is 1.62. The fourth-order valence-corrected chi connectivity index (χ4v) is 4.45. The van der Waals surface area contributed by atoms with E-state index < -0.39 is 0 Å². The first-order valence-electron chi connectivity index (χ1n) is 12.1. The van der Waals surface area contributed by atoms with Crippen LogP contribution in [0.25, 0.3) is 0 Å². The highest BCUT2D eigenvalue weighted by atomic mass is 35.5. The van der Waals surface area contributed by atoms with E-state index in [-0.39, 0.29) is 12.1 Å². The van der Waals surface area contributed by atoms with Crippen LogP contribution in [0.3, 0.4) is 0 Å². The lowest BCUT2D eigenvalue weighted by Crippen LogP contribution is -2.50. The van der Waals surface area contributed by atoms with Crippen LogP contribution < -0.4 is 10.1 Å². The van der Waals surface area contributed by atoms with E-state index in [4.69, 9.17) is 32.7 Å². The van der Waals surface area contributed by atoms with Crippen molar-refractivity contribution in [2.45, 2.75) is 12.5 Å². The van der Waals surface area contributed by atoms with Crippen molar-refractivity contribution in [2.24, 2.45) is 0 Å². The number of rotatable bonds is 9. The quantitative estimate of drug-likeness (QED) is 0.329. The fraction of sp³-hybridized carbons (Fsp3) is 0.321. The first kappa shape index (κ1) is 26.3. The predicted molar refractivity (Wildman–Crippen MR) is 145 cm³/mol. The van der Waals surface area contributed by atoms with Crippen LogP contribution in [0.15, 0.2) is 72.8 Å². The van der Waals surface area contributed by atoms with Crippen LogP contribution in [0.1, 0.15) is 23.7 Å². The zero-order valence-electron chi connectivity index (χ0n) is 20.3. The van der Waals surface area contributed by atoms with Crippen LogP contribution in [0.4, 0.5) is 10.5 Å². The van der Waals surface area contributed by atoms with Crippen molar-refractivity contribution in [3.05, 3.63) is 94.0 Å². The fourth-order valence-electron chi connectivity index (χ4n) is 4.20. The Morgan fingerprint density at radius 3 is 1.94 bits per heavy atom. The molecule has 0 radical (unpaired) electrons. The number of amides is 2. The molecule has 0 bridgehead atoms. The van der Waals surface area contributed by atoms with Gasteiger partial charge in [-0.2, -0.15) is 0 Å². The number of halogens is 2. The van der Waals surface area contributed by atoms with E-state index in [1.807, 2.05) is 77.7 Å². The number of ether oxygens (including phenoxy) is 2. The summed E-state index contributed by atoms with van der Waals surface area (Å²) in [4.78, 5) is 16.8. The number of urea groups is 1. The number of piperazine rings is 1. The van der Waals surface area contributed by atoms with Gasteiger partial charge in [0.2, 0.25) is 0 Å². The number of nitrogens with zero attached hydrogens (tertiary/aromatic N) is 2. The molecule has 1 saturated heterocycles. The lowest BCUT2D eigenvalue weighted by molar-refractivity contribution is 0.0670. The zero-order valence-corrected chi connectivity index (χ0v) is 21.8. The zero-order chi connectivity index (χ0) is 25.3. The van der Waals surface area contributed by atoms with Crippen molar-refractivity contribution >= 4 is 34.9 Å². The van der Waals surface area contributed by atoms with Gasteiger partial charge in [-0.15, -0.1) is 0 Å². The number of benzene rings is 3. The number of methoxy groups -OCH3 is 1. The highest BCUT2D eigenvalue weighted by Gasteiger charge is 2.21. The third-order valence-corrected chi connectivity index (χ3v) is 6.75. The number of carbonyl (C=O) groups excluding carboxylic acids is 1. The molecule has 2 amide bonds. The third-order valence-electron chi connectivity index (χ3n) is 6.25. The molecular formula is C28H31Cl2N3O3. The van der Waals surface area contributed by atoms with Crippen molar-refractivity contribution in [3.63, 3.8) is 0 Å². The molecule has 1 aliphatic heterocycles. The maximum atomic E-state index is 12.6. The second-order valence-electron chi connectivity index (χ2n) is 8.69. The summed E-state index contributed by atoms with van der Waals surface area (Å²) < 4.78 is 11.5. The lowest BCUT2D eigenvalue weighted by atomic mass is 10.0. The van der Waals surface area contributed by atoms with Crippen molar-refractivity contribution in [1.82, 2.24) is 9.80 Å². The standard InChI is InChI=1S/C28H31Cl2N3O3/c1-35-26-13-11-25(12-14-26)31-28(34)33-18-16-32(17-19-33)15-2-20-36-27(21-3-7-23(29)8-4-21)22-5-9-24(30)10-6-22/h3-14,27H,2,15-20H2,1H3,(H,31,34). The van der Waals surface area contributed by atoms with Gasteiger partial charge >= 0.3 is 6.03 Å². The highest BCUT2D eigenvalue weighted by Crippen LogP contribution is 2.28. The van der Waals surface area contributed by atoms with E-state index in [2.05, 4.69) is 10.2 Å². The second-order valence-corrected chi connectivity index (χ2v) is 9.57. The first-order chi connectivity index (χ1) is 17.5. The van der Waals surface area contributed by atoms with Crippen LogP contribution in [-0.2, 0) is 4.74 Å². The summed E-state index contributed by atoms with van der Waals surface area (Å²) in [6, 6.07) is 22.8. The molecule has 0 aromatic heterocycles. The summed E-state index contributed by atoms with van der Waals surface area (Å²) >= 11 is 12.2. The minimum Gasteiger partial charge on any atom is -0.497 e. The molecule has 4 rings (SSSR count). The van der Waals surface area contributed by atoms with Crippen LogP contribution in [0, 0.1) is 0 Å². The molecule has 190 valence electrons. The lowest BCUT2D eigenvalue weighted by Gasteiger charge is -2.34. The third kappa shape index (κ3) is 7.37. The molecule has 3 aromatic rings. The second kappa shape index (κ2) is 13.0. The highest BCUT2D eigenvalue weighted by molar-refractivity contribution is 6.30. The largest absolute Gasteiger partial charge is 0.497 e. The monoisotopic (exact) mass is 527 g/mol. The molecule has 0 unspecified atom stereocenters. The normalized spacial score (nSPS) is 14.2. The molecule has 0 saturated carbocycles. The summed E-state index contributed by atoms with van der Waals surface area (Å²) in [6.45, 7) is 4.61. The molecule has 0 spiro atoms. The number of hydrogen-bond acceptors (Lipinski definition) is 4. The van der Waals surface area contributed by atoms with Crippen molar-refractivity contribution < 1.29 is 14.3 Å². The van der Waals surface area contributed by atoms with Crippen molar-refractivity contribution in [1.29, 1.82) is 0 Å². The maximum Gasteiger partial charge on any atom is 0.321 e. The van der Waals surface area contributed by atoms with Crippen LogP contribution in [0.2, 0.25) is 10.0 Å². The van der Waals surface area contributed by atoms with Crippen molar-refractivity contribution in [2.75, 3.05) is 51.8 Å². The smallest absolute Gasteiger partial charge is 0.321 e. The number of anilines is 1. The van der Waals surface area contributed by atoms with Gasteiger partial charge in [0.05, 0.1) is 7.11 Å². The minimum atomic E-state index is -0.182. The average Bonchev–Trinajstić information content (AvgIpc) is 2.91. The Morgan fingerprint density at radius 2 is 1.42 bits per heavy atom. The summed E-state index contributed by atoms with van der Waals surface area (Å²) in [5.41, 5.74) is 2.87. The summed E-state index contributed by atoms with van der Waals surface area (Å²) in [5.74, 6) is 0.762. The topological polar surface area (TPSA) is 54.0 Å². The first-order valence-corrected chi connectivity index (χ1v) is 12.8. The van der Waals surface area contributed by atoms with Gasteiger partial charge < -0.3 is 19.7 Å². The van der Waals surface area contributed by atoms with E-state index in [0.29, 0.717) is 29.7 Å². The summed E-state index contributed by atoms with van der Waals surface area (Å²) in [6.07, 6.45) is 0.716. The molecule has 1 fully saturated rings. The molecule has 0 atom stereocenters. The van der Waals surface area contributed by atoms with E-state index >= 15 is 0 Å². The van der Waals surface area contributed by atoms with Gasteiger partial charge in [-0.25, -0.2) is 4.79 Å². The Balaban J connectivity index is 1.22. The Bertz CT molecular complexity index is 1050. The van der Waals surface area contributed by atoms with E-state index in [1.165, 1.54) is 0 Å². The van der Waals surface area contributed by atoms with Gasteiger partial charge in [0.1, 0.15) is 11.9 Å². The van der Waals surface area contributed by atoms with E-state index in [9.17, 15) is 4.79 Å². The molecule has 1 N–H and O–H groups in total. The molecule has 6 nitrogen and oxygen atoms in total.